The molecule has 132 valence electrons. The Kier molecular flexibility index (Phi) is 6.64. The number of nitrogens with one attached hydrogen (secondary N) is 3. The van der Waals surface area contributed by atoms with Gasteiger partial charge in [-0.3, -0.25) is 14.4 Å². The van der Waals surface area contributed by atoms with E-state index in [-0.39, 0.29) is 29.8 Å². The van der Waals surface area contributed by atoms with Crippen LogP contribution in [0.1, 0.15) is 29.4 Å². The van der Waals surface area contributed by atoms with E-state index in [4.69, 9.17) is 0 Å². The summed E-state index contributed by atoms with van der Waals surface area (Å²) in [6.45, 7) is 1.69. The minimum Gasteiger partial charge on any atom is -0.351 e. The lowest BCUT2D eigenvalue weighted by molar-refractivity contribution is -0.116. The van der Waals surface area contributed by atoms with Crippen LogP contribution in [0, 0.1) is 5.82 Å². The van der Waals surface area contributed by atoms with Gasteiger partial charge in [0.2, 0.25) is 11.8 Å². The monoisotopic (exact) mass is 363 g/mol. The van der Waals surface area contributed by atoms with Crippen molar-refractivity contribution in [2.24, 2.45) is 0 Å². The summed E-state index contributed by atoms with van der Waals surface area (Å²) in [6.07, 6.45) is 0.560. The predicted octanol–water partition coefficient (Wildman–Crippen LogP) is 2.99. The molecule has 6 nitrogen and oxygen atoms in total. The maximum absolute atomic E-state index is 13.7. The first-order chi connectivity index (χ1) is 12.0. The molecule has 2 aromatic rings. The van der Waals surface area contributed by atoms with Crippen LogP contribution in [-0.4, -0.2) is 24.3 Å². The molecule has 0 spiro atoms. The van der Waals surface area contributed by atoms with Crippen LogP contribution in [0.2, 0.25) is 0 Å². The maximum Gasteiger partial charge on any atom is 0.261 e. The van der Waals surface area contributed by atoms with Gasteiger partial charge in [0.15, 0.2) is 0 Å². The van der Waals surface area contributed by atoms with Gasteiger partial charge in [-0.05, 0) is 36.1 Å². The van der Waals surface area contributed by atoms with Gasteiger partial charge in [0, 0.05) is 25.6 Å². The van der Waals surface area contributed by atoms with Gasteiger partial charge in [0.25, 0.3) is 5.91 Å². The Bertz CT molecular complexity index is 763. The zero-order chi connectivity index (χ0) is 18.2. The summed E-state index contributed by atoms with van der Waals surface area (Å²) in [6, 6.07) is 7.44. The van der Waals surface area contributed by atoms with Gasteiger partial charge in [-0.2, -0.15) is 0 Å². The van der Waals surface area contributed by atoms with Gasteiger partial charge in [-0.15, -0.1) is 11.3 Å². The van der Waals surface area contributed by atoms with E-state index in [2.05, 4.69) is 16.0 Å². The summed E-state index contributed by atoms with van der Waals surface area (Å²) in [7, 11) is 0. The quantitative estimate of drug-likeness (QED) is 0.661. The molecule has 0 saturated carbocycles. The van der Waals surface area contributed by atoms with E-state index in [1.165, 1.54) is 36.5 Å². The van der Waals surface area contributed by atoms with E-state index in [0.717, 1.165) is 0 Å². The molecule has 0 unspecified atom stereocenters. The highest BCUT2D eigenvalue weighted by Gasteiger charge is 2.10. The zero-order valence-corrected chi connectivity index (χ0v) is 14.4. The van der Waals surface area contributed by atoms with Crippen LogP contribution in [-0.2, 0) is 9.59 Å². The third-order valence-corrected chi connectivity index (χ3v) is 4.04. The van der Waals surface area contributed by atoms with Crippen LogP contribution in [0.5, 0.6) is 0 Å². The first kappa shape index (κ1) is 18.6. The molecule has 0 fully saturated rings. The molecular weight excluding hydrogens is 345 g/mol. The largest absolute Gasteiger partial charge is 0.351 e. The number of carbonyl (C=O) groups is 3. The Morgan fingerprint density at radius 1 is 1.16 bits per heavy atom. The van der Waals surface area contributed by atoms with E-state index >= 15 is 0 Å². The van der Waals surface area contributed by atoms with E-state index in [9.17, 15) is 18.8 Å². The van der Waals surface area contributed by atoms with Gasteiger partial charge in [0.1, 0.15) is 5.82 Å². The topological polar surface area (TPSA) is 87.3 Å². The smallest absolute Gasteiger partial charge is 0.261 e. The second-order valence-electron chi connectivity index (χ2n) is 5.26. The van der Waals surface area contributed by atoms with Crippen molar-refractivity contribution < 1.29 is 18.8 Å². The van der Waals surface area contributed by atoms with Crippen molar-refractivity contribution in [2.45, 2.75) is 19.8 Å². The second kappa shape index (κ2) is 8.93. The van der Waals surface area contributed by atoms with E-state index in [1.807, 2.05) is 5.38 Å². The second-order valence-corrected chi connectivity index (χ2v) is 6.21. The van der Waals surface area contributed by atoms with Crippen LogP contribution >= 0.6 is 11.3 Å². The van der Waals surface area contributed by atoms with Gasteiger partial charge in [-0.1, -0.05) is 6.07 Å². The molecule has 1 aromatic carbocycles. The fraction of sp³-hybridized carbons (Fsp3) is 0.235. The van der Waals surface area contributed by atoms with E-state index in [0.29, 0.717) is 23.5 Å². The van der Waals surface area contributed by atoms with Crippen molar-refractivity contribution in [2.75, 3.05) is 17.2 Å². The highest BCUT2D eigenvalue weighted by atomic mass is 32.1. The van der Waals surface area contributed by atoms with E-state index < -0.39 is 5.82 Å². The maximum atomic E-state index is 13.7. The van der Waals surface area contributed by atoms with Crippen molar-refractivity contribution in [1.82, 2.24) is 5.32 Å². The molecule has 1 heterocycles. The highest BCUT2D eigenvalue weighted by molar-refractivity contribution is 7.12. The zero-order valence-electron chi connectivity index (χ0n) is 13.6. The minimum absolute atomic E-state index is 0.00105. The van der Waals surface area contributed by atoms with Gasteiger partial charge >= 0.3 is 0 Å². The minimum atomic E-state index is -0.589. The number of hydrogen-bond donors (Lipinski definition) is 3. The summed E-state index contributed by atoms with van der Waals surface area (Å²) in [5, 5.41) is 9.51. The van der Waals surface area contributed by atoms with Crippen molar-refractivity contribution >= 4 is 40.4 Å². The average Bonchev–Trinajstić information content (AvgIpc) is 3.08. The SMILES string of the molecule is CC(=O)Nc1ccc(F)c(NC(=O)CCCNC(=O)c2cccs2)c1. The molecule has 2 rings (SSSR count). The Morgan fingerprint density at radius 2 is 1.96 bits per heavy atom. The number of thiophene rings is 1. The highest BCUT2D eigenvalue weighted by Crippen LogP contribution is 2.20. The van der Waals surface area contributed by atoms with Gasteiger partial charge in [0.05, 0.1) is 10.6 Å². The Morgan fingerprint density at radius 3 is 2.64 bits per heavy atom. The van der Waals surface area contributed by atoms with Crippen molar-refractivity contribution in [1.29, 1.82) is 0 Å². The number of rotatable bonds is 7. The third kappa shape index (κ3) is 6.00. The number of anilines is 2. The molecule has 3 N–H and O–H groups in total. The van der Waals surface area contributed by atoms with Crippen LogP contribution in [0.15, 0.2) is 35.7 Å². The van der Waals surface area contributed by atoms with Crippen LogP contribution < -0.4 is 16.0 Å². The number of carbonyl (C=O) groups excluding carboxylic acids is 3. The fourth-order valence-corrected chi connectivity index (χ4v) is 2.70. The molecule has 0 aliphatic heterocycles. The number of halogens is 1. The van der Waals surface area contributed by atoms with Gasteiger partial charge in [-0.25, -0.2) is 4.39 Å². The molecule has 0 atom stereocenters. The summed E-state index contributed by atoms with van der Waals surface area (Å²) in [4.78, 5) is 35.3. The van der Waals surface area contributed by atoms with Crippen molar-refractivity contribution in [3.8, 4) is 0 Å². The molecular formula is C17H18FN3O3S. The average molecular weight is 363 g/mol. The normalized spacial score (nSPS) is 10.2. The van der Waals surface area contributed by atoms with Crippen molar-refractivity contribution in [3.63, 3.8) is 0 Å². The van der Waals surface area contributed by atoms with Crippen LogP contribution in [0.25, 0.3) is 0 Å². The first-order valence-electron chi connectivity index (χ1n) is 7.64. The number of amides is 3. The van der Waals surface area contributed by atoms with Gasteiger partial charge < -0.3 is 16.0 Å². The first-order valence-corrected chi connectivity index (χ1v) is 8.52. The van der Waals surface area contributed by atoms with Crippen LogP contribution in [0.3, 0.4) is 0 Å². The summed E-state index contributed by atoms with van der Waals surface area (Å²) >= 11 is 1.34. The molecule has 0 bridgehead atoms. The molecule has 0 aliphatic rings. The van der Waals surface area contributed by atoms with E-state index in [1.54, 1.807) is 12.1 Å². The predicted molar refractivity (Wildman–Crippen MR) is 95.2 cm³/mol. The lowest BCUT2D eigenvalue weighted by atomic mass is 10.2. The Labute approximate surface area is 148 Å². The van der Waals surface area contributed by atoms with Crippen LogP contribution in [0.4, 0.5) is 15.8 Å². The summed E-state index contributed by atoms with van der Waals surface area (Å²) in [5.74, 6) is -1.42. The summed E-state index contributed by atoms with van der Waals surface area (Å²) < 4.78 is 13.7. The molecule has 25 heavy (non-hydrogen) atoms. The van der Waals surface area contributed by atoms with Crippen molar-refractivity contribution in [3.05, 3.63) is 46.4 Å². The Hall–Kier alpha value is -2.74. The number of hydrogen-bond acceptors (Lipinski definition) is 4. The molecule has 1 aromatic heterocycles. The summed E-state index contributed by atoms with van der Waals surface area (Å²) in [5.41, 5.74) is 0.395. The molecule has 0 saturated heterocycles. The molecule has 3 amide bonds. The lowest BCUT2D eigenvalue weighted by Crippen LogP contribution is -2.24. The third-order valence-electron chi connectivity index (χ3n) is 3.17. The molecule has 0 aliphatic carbocycles. The lowest BCUT2D eigenvalue weighted by Gasteiger charge is -2.09. The Balaban J connectivity index is 1.78. The number of benzene rings is 1. The standard InChI is InChI=1S/C17H18FN3O3S/c1-11(22)20-12-6-7-13(18)14(10-12)21-16(23)5-2-8-19-17(24)15-4-3-9-25-15/h3-4,6-7,9-10H,2,5,8H2,1H3,(H,19,24)(H,20,22)(H,21,23). The molecule has 0 radical (unpaired) electrons. The molecule has 8 heteroatoms. The fourth-order valence-electron chi connectivity index (χ4n) is 2.06.